The Balaban J connectivity index is 1.34. The molecule has 2 aliphatic rings. The number of nitrogens with one attached hydrogen (secondary N) is 1. The van der Waals surface area contributed by atoms with Crippen LogP contribution in [0.1, 0.15) is 50.1 Å². The molecule has 0 bridgehead atoms. The molecular weight excluding hydrogens is 478 g/mol. The molecule has 0 saturated carbocycles. The molecule has 0 spiro atoms. The molecule has 5 rings (SSSR count). The summed E-state index contributed by atoms with van der Waals surface area (Å²) in [6.07, 6.45) is 4.18. The van der Waals surface area contributed by atoms with Crippen molar-refractivity contribution in [3.63, 3.8) is 0 Å². The van der Waals surface area contributed by atoms with E-state index in [0.717, 1.165) is 23.0 Å². The number of benzene rings is 1. The Morgan fingerprint density at radius 3 is 2.78 bits per heavy atom. The summed E-state index contributed by atoms with van der Waals surface area (Å²) in [5.74, 6) is 0.190. The number of hydrogen-bond donors (Lipinski definition) is 2. The molecule has 36 heavy (non-hydrogen) atoms. The lowest BCUT2D eigenvalue weighted by Gasteiger charge is -2.39. The number of nitrogens with zero attached hydrogens (tertiary/aromatic N) is 2. The van der Waals surface area contributed by atoms with Gasteiger partial charge in [-0.15, -0.1) is 0 Å². The van der Waals surface area contributed by atoms with Gasteiger partial charge in [-0.1, -0.05) is 12.1 Å². The minimum Gasteiger partial charge on any atom is -0.459 e. The van der Waals surface area contributed by atoms with Gasteiger partial charge in [0.05, 0.1) is 11.0 Å². The number of amides is 1. The third kappa shape index (κ3) is 4.87. The predicted octanol–water partition coefficient (Wildman–Crippen LogP) is 4.00. The monoisotopic (exact) mass is 511 g/mol. The third-order valence-corrected chi connectivity index (χ3v) is 7.99. The van der Waals surface area contributed by atoms with Crippen LogP contribution in [0.3, 0.4) is 0 Å². The number of H-pyrrole nitrogens is 1. The molecule has 0 aliphatic carbocycles. The first kappa shape index (κ1) is 24.8. The Labute approximate surface area is 214 Å². The molecule has 0 unspecified atom stereocenters. The van der Waals surface area contributed by atoms with E-state index in [2.05, 4.69) is 16.4 Å². The maximum absolute atomic E-state index is 13.6. The van der Waals surface area contributed by atoms with E-state index in [-0.39, 0.29) is 36.1 Å². The van der Waals surface area contributed by atoms with Crippen LogP contribution in [0.2, 0.25) is 0 Å². The zero-order chi connectivity index (χ0) is 25.1. The van der Waals surface area contributed by atoms with Crippen molar-refractivity contribution in [3.8, 4) is 0 Å². The second-order valence-corrected chi connectivity index (χ2v) is 10.2. The summed E-state index contributed by atoms with van der Waals surface area (Å²) in [5.41, 5.74) is 2.77. The van der Waals surface area contributed by atoms with Crippen LogP contribution in [-0.4, -0.2) is 58.1 Å². The van der Waals surface area contributed by atoms with Crippen molar-refractivity contribution in [1.82, 2.24) is 14.5 Å². The van der Waals surface area contributed by atoms with Crippen LogP contribution in [0.5, 0.6) is 0 Å². The van der Waals surface area contributed by atoms with Crippen LogP contribution in [-0.2, 0) is 14.3 Å². The molecule has 9 heteroatoms. The van der Waals surface area contributed by atoms with Gasteiger partial charge in [0.2, 0.25) is 6.29 Å². The molecule has 2 N–H and O–H groups in total. The number of aliphatic hydroxyl groups is 1. The largest absolute Gasteiger partial charge is 0.459 e. The lowest BCUT2D eigenvalue weighted by Crippen LogP contribution is -2.44. The van der Waals surface area contributed by atoms with Gasteiger partial charge in [-0.25, -0.2) is 4.79 Å². The Morgan fingerprint density at radius 1 is 1.25 bits per heavy atom. The van der Waals surface area contributed by atoms with Gasteiger partial charge < -0.3 is 24.5 Å². The lowest BCUT2D eigenvalue weighted by molar-refractivity contribution is -0.170. The maximum atomic E-state index is 13.6. The molecule has 1 fully saturated rings. The molecule has 1 amide bonds. The van der Waals surface area contributed by atoms with E-state index in [1.165, 1.54) is 0 Å². The third-order valence-electron chi connectivity index (χ3n) is 7.29. The minimum atomic E-state index is -0.544. The van der Waals surface area contributed by atoms with Gasteiger partial charge in [0.1, 0.15) is 0 Å². The number of allylic oxidation sites excluding steroid dienone is 1. The van der Waals surface area contributed by atoms with Crippen molar-refractivity contribution in [3.05, 3.63) is 69.0 Å². The van der Waals surface area contributed by atoms with E-state index >= 15 is 0 Å². The fourth-order valence-electron chi connectivity index (χ4n) is 5.52. The SMILES string of the molecule is CCO[C@H]1OC(C(=O)N2CCC(n3c(=O)[nH]c4ccccc43)CC2)=C[C@@H](c2ccsc2)[C@H]1CCCO. The van der Waals surface area contributed by atoms with Gasteiger partial charge in [0.25, 0.3) is 5.91 Å². The molecule has 1 saturated heterocycles. The second kappa shape index (κ2) is 11.0. The van der Waals surface area contributed by atoms with Crippen molar-refractivity contribution in [2.75, 3.05) is 26.3 Å². The number of carbonyl (C=O) groups is 1. The average Bonchev–Trinajstić information content (AvgIpc) is 3.55. The molecule has 3 aromatic rings. The fourth-order valence-corrected chi connectivity index (χ4v) is 6.23. The van der Waals surface area contributed by atoms with Gasteiger partial charge in [-0.3, -0.25) is 9.36 Å². The van der Waals surface area contributed by atoms with Crippen molar-refractivity contribution in [2.45, 2.75) is 50.9 Å². The summed E-state index contributed by atoms with van der Waals surface area (Å²) in [5, 5.41) is 13.6. The smallest absolute Gasteiger partial charge is 0.326 e. The van der Waals surface area contributed by atoms with E-state index in [4.69, 9.17) is 9.47 Å². The standard InChI is InChI=1S/C27H33N3O5S/c1-2-34-26-20(6-5-14-31)21(18-11-15-36-17-18)16-24(35-26)25(32)29-12-9-19(10-13-29)30-23-8-4-3-7-22(23)28-27(30)33/h3-4,7-8,11,15-17,19-21,26,31H,2,5-6,9-10,12-14H2,1H3,(H,28,33)/t20-,21+,26+/m1/s1. The van der Waals surface area contributed by atoms with Crippen LogP contribution in [0.4, 0.5) is 0 Å². The summed E-state index contributed by atoms with van der Waals surface area (Å²) < 4.78 is 14.0. The van der Waals surface area contributed by atoms with E-state index < -0.39 is 6.29 Å². The van der Waals surface area contributed by atoms with Crippen LogP contribution in [0, 0.1) is 5.92 Å². The number of ether oxygens (including phenoxy) is 2. The quantitative estimate of drug-likeness (QED) is 0.477. The fraction of sp³-hybridized carbons (Fsp3) is 0.481. The number of hydrogen-bond acceptors (Lipinski definition) is 6. The summed E-state index contributed by atoms with van der Waals surface area (Å²) >= 11 is 1.63. The Hall–Kier alpha value is -2.88. The van der Waals surface area contributed by atoms with E-state index in [1.807, 2.05) is 52.1 Å². The number of imidazole rings is 1. The van der Waals surface area contributed by atoms with E-state index in [0.29, 0.717) is 44.7 Å². The van der Waals surface area contributed by atoms with Crippen LogP contribution < -0.4 is 5.69 Å². The number of piperidine rings is 1. The normalized spacial score (nSPS) is 23.0. The molecule has 4 heterocycles. The van der Waals surface area contributed by atoms with Gasteiger partial charge in [-0.05, 0) is 73.2 Å². The van der Waals surface area contributed by atoms with Crippen LogP contribution in [0.15, 0.2) is 57.7 Å². The summed E-state index contributed by atoms with van der Waals surface area (Å²) in [7, 11) is 0. The van der Waals surface area contributed by atoms with Crippen LogP contribution >= 0.6 is 11.3 Å². The molecule has 3 atom stereocenters. The second-order valence-electron chi connectivity index (χ2n) is 9.43. The molecular formula is C27H33N3O5S. The first-order chi connectivity index (χ1) is 17.6. The number of rotatable bonds is 8. The highest BCUT2D eigenvalue weighted by molar-refractivity contribution is 7.08. The van der Waals surface area contributed by atoms with Crippen molar-refractivity contribution >= 4 is 28.3 Å². The van der Waals surface area contributed by atoms with Crippen molar-refractivity contribution in [1.29, 1.82) is 0 Å². The predicted molar refractivity (Wildman–Crippen MR) is 139 cm³/mol. The Bertz CT molecular complexity index is 1260. The highest BCUT2D eigenvalue weighted by atomic mass is 32.1. The molecule has 1 aromatic carbocycles. The van der Waals surface area contributed by atoms with Crippen molar-refractivity contribution in [2.24, 2.45) is 5.92 Å². The highest BCUT2D eigenvalue weighted by Gasteiger charge is 2.39. The van der Waals surface area contributed by atoms with Gasteiger partial charge >= 0.3 is 5.69 Å². The summed E-state index contributed by atoms with van der Waals surface area (Å²) in [6, 6.07) is 9.83. The molecule has 2 aliphatic heterocycles. The summed E-state index contributed by atoms with van der Waals surface area (Å²) in [6.45, 7) is 3.60. The van der Waals surface area contributed by atoms with E-state index in [1.54, 1.807) is 11.3 Å². The van der Waals surface area contributed by atoms with Gasteiger partial charge in [0, 0.05) is 44.2 Å². The summed E-state index contributed by atoms with van der Waals surface area (Å²) in [4.78, 5) is 31.0. The number of carbonyl (C=O) groups excluding carboxylic acids is 1. The zero-order valence-electron chi connectivity index (χ0n) is 20.5. The first-order valence-corrected chi connectivity index (χ1v) is 13.7. The number of aromatic nitrogens is 2. The zero-order valence-corrected chi connectivity index (χ0v) is 21.3. The maximum Gasteiger partial charge on any atom is 0.326 e. The molecule has 0 radical (unpaired) electrons. The molecule has 8 nitrogen and oxygen atoms in total. The van der Waals surface area contributed by atoms with E-state index in [9.17, 15) is 14.7 Å². The average molecular weight is 512 g/mol. The Kier molecular flexibility index (Phi) is 7.59. The topological polar surface area (TPSA) is 96.8 Å². The van der Waals surface area contributed by atoms with Crippen LogP contribution in [0.25, 0.3) is 11.0 Å². The molecule has 2 aromatic heterocycles. The lowest BCUT2D eigenvalue weighted by atomic mass is 9.81. The van der Waals surface area contributed by atoms with Crippen molar-refractivity contribution < 1.29 is 19.4 Å². The Morgan fingerprint density at radius 2 is 2.06 bits per heavy atom. The van der Waals surface area contributed by atoms with Gasteiger partial charge in [-0.2, -0.15) is 11.3 Å². The number of aliphatic hydroxyl groups excluding tert-OH is 1. The number of para-hydroxylation sites is 2. The number of thiophene rings is 1. The molecule has 192 valence electrons. The highest BCUT2D eigenvalue weighted by Crippen LogP contribution is 2.40. The van der Waals surface area contributed by atoms with Gasteiger partial charge in [0.15, 0.2) is 5.76 Å². The number of likely N-dealkylation sites (tertiary alicyclic amines) is 1. The number of aromatic amines is 1. The number of fused-ring (bicyclic) bond motifs is 1. The first-order valence-electron chi connectivity index (χ1n) is 12.7. The minimum absolute atomic E-state index is 0.0164.